The smallest absolute Gasteiger partial charge is 0.264 e. The van der Waals surface area contributed by atoms with Crippen LogP contribution in [0.4, 0.5) is 10.1 Å². The molecule has 0 fully saturated rings. The number of amides is 2. The largest absolute Gasteiger partial charge is 0.494 e. The number of carbonyl (C=O) groups is 2. The zero-order valence-electron chi connectivity index (χ0n) is 23.5. The number of hydrogen-bond acceptors (Lipinski definition) is 5. The third kappa shape index (κ3) is 8.53. The number of hydrogen-bond donors (Lipinski definition) is 1. The lowest BCUT2D eigenvalue weighted by Gasteiger charge is -2.32. The van der Waals surface area contributed by atoms with E-state index in [9.17, 15) is 22.4 Å². The summed E-state index contributed by atoms with van der Waals surface area (Å²) >= 11 is 3.43. The fourth-order valence-corrected chi connectivity index (χ4v) is 5.88. The van der Waals surface area contributed by atoms with Gasteiger partial charge in [-0.15, -0.1) is 0 Å². The first-order chi connectivity index (χ1) is 19.5. The molecule has 0 heterocycles. The van der Waals surface area contributed by atoms with Crippen LogP contribution in [0.25, 0.3) is 0 Å². The van der Waals surface area contributed by atoms with Crippen molar-refractivity contribution in [3.05, 3.63) is 88.6 Å². The van der Waals surface area contributed by atoms with Gasteiger partial charge in [0.15, 0.2) is 0 Å². The minimum atomic E-state index is -4.28. The molecule has 0 aromatic heterocycles. The van der Waals surface area contributed by atoms with Gasteiger partial charge in [0.25, 0.3) is 10.0 Å². The molecule has 3 rings (SSSR count). The maximum Gasteiger partial charge on any atom is 0.264 e. The van der Waals surface area contributed by atoms with Crippen molar-refractivity contribution in [1.82, 2.24) is 10.2 Å². The maximum absolute atomic E-state index is 13.9. The highest BCUT2D eigenvalue weighted by Crippen LogP contribution is 2.26. The highest BCUT2D eigenvalue weighted by Gasteiger charge is 2.33. The molecule has 0 aliphatic rings. The Balaban J connectivity index is 2.01. The quantitative estimate of drug-likeness (QED) is 0.264. The molecule has 0 saturated heterocycles. The van der Waals surface area contributed by atoms with Gasteiger partial charge in [0, 0.05) is 17.1 Å². The zero-order chi connectivity index (χ0) is 30.2. The van der Waals surface area contributed by atoms with Gasteiger partial charge in [-0.05, 0) is 93.4 Å². The van der Waals surface area contributed by atoms with Crippen molar-refractivity contribution < 1.29 is 27.1 Å². The van der Waals surface area contributed by atoms with E-state index in [-0.39, 0.29) is 29.1 Å². The molecule has 220 valence electrons. The highest BCUT2D eigenvalue weighted by molar-refractivity contribution is 9.10. The molecule has 0 radical (unpaired) electrons. The molecule has 0 unspecified atom stereocenters. The summed E-state index contributed by atoms with van der Waals surface area (Å²) in [6.45, 7) is 7.09. The van der Waals surface area contributed by atoms with E-state index in [0.29, 0.717) is 18.8 Å². The van der Waals surface area contributed by atoms with Crippen LogP contribution in [-0.2, 0) is 26.2 Å². The van der Waals surface area contributed by atoms with Crippen molar-refractivity contribution in [2.45, 2.75) is 57.6 Å². The van der Waals surface area contributed by atoms with Gasteiger partial charge in [-0.1, -0.05) is 35.0 Å². The Morgan fingerprint density at radius 1 is 1.00 bits per heavy atom. The van der Waals surface area contributed by atoms with Gasteiger partial charge in [-0.2, -0.15) is 0 Å². The van der Waals surface area contributed by atoms with Crippen LogP contribution in [0.2, 0.25) is 0 Å². The molecule has 3 aromatic carbocycles. The van der Waals surface area contributed by atoms with Crippen LogP contribution in [0.15, 0.2) is 82.2 Å². The fraction of sp³-hybridized carbons (Fsp3) is 0.333. The van der Waals surface area contributed by atoms with Crippen molar-refractivity contribution in [2.75, 3.05) is 17.5 Å². The fourth-order valence-electron chi connectivity index (χ4n) is 4.02. The average molecular weight is 649 g/mol. The number of halogens is 2. The normalized spacial score (nSPS) is 12.7. The van der Waals surface area contributed by atoms with E-state index in [1.807, 2.05) is 45.0 Å². The topological polar surface area (TPSA) is 96.0 Å². The van der Waals surface area contributed by atoms with E-state index in [0.717, 1.165) is 26.5 Å². The number of ether oxygens (including phenoxy) is 1. The molecule has 0 spiro atoms. The average Bonchev–Trinajstić information content (AvgIpc) is 2.95. The third-order valence-electron chi connectivity index (χ3n) is 6.53. The summed E-state index contributed by atoms with van der Waals surface area (Å²) in [5.74, 6) is -1.01. The van der Waals surface area contributed by atoms with Gasteiger partial charge in [0.05, 0.1) is 17.2 Å². The molecule has 0 saturated carbocycles. The minimum absolute atomic E-state index is 0.0632. The van der Waals surface area contributed by atoms with Crippen molar-refractivity contribution in [3.8, 4) is 5.75 Å². The summed E-state index contributed by atoms with van der Waals surface area (Å²) < 4.78 is 48.7. The number of rotatable bonds is 13. The maximum atomic E-state index is 13.9. The monoisotopic (exact) mass is 647 g/mol. The van der Waals surface area contributed by atoms with Crippen LogP contribution < -0.4 is 14.4 Å². The van der Waals surface area contributed by atoms with Gasteiger partial charge in [0.1, 0.15) is 24.2 Å². The van der Waals surface area contributed by atoms with Crippen LogP contribution in [0, 0.1) is 5.82 Å². The number of anilines is 1. The Morgan fingerprint density at radius 3 is 2.24 bits per heavy atom. The van der Waals surface area contributed by atoms with Gasteiger partial charge in [-0.25, -0.2) is 12.8 Å². The second-order valence-corrected chi connectivity index (χ2v) is 12.3. The Morgan fingerprint density at radius 2 is 1.66 bits per heavy atom. The van der Waals surface area contributed by atoms with Crippen LogP contribution in [0.3, 0.4) is 0 Å². The molecule has 41 heavy (non-hydrogen) atoms. The Bertz CT molecular complexity index is 1440. The first-order valence-electron chi connectivity index (χ1n) is 13.3. The van der Waals surface area contributed by atoms with Crippen molar-refractivity contribution in [1.29, 1.82) is 0 Å². The minimum Gasteiger partial charge on any atom is -0.494 e. The lowest BCUT2D eigenvalue weighted by molar-refractivity contribution is -0.139. The first kappa shape index (κ1) is 32.1. The summed E-state index contributed by atoms with van der Waals surface area (Å²) in [6, 6.07) is 17.0. The van der Waals surface area contributed by atoms with Crippen LogP contribution in [0.1, 0.15) is 39.7 Å². The van der Waals surface area contributed by atoms with E-state index in [1.54, 1.807) is 6.92 Å². The summed E-state index contributed by atoms with van der Waals surface area (Å²) in [6.07, 6.45) is 0.705. The molecule has 8 nitrogen and oxygen atoms in total. The Labute approximate surface area is 249 Å². The van der Waals surface area contributed by atoms with Crippen molar-refractivity contribution in [2.24, 2.45) is 0 Å². The summed E-state index contributed by atoms with van der Waals surface area (Å²) in [5, 5.41) is 2.90. The Kier molecular flexibility index (Phi) is 11.3. The molecule has 11 heteroatoms. The van der Waals surface area contributed by atoms with Gasteiger partial charge in [0.2, 0.25) is 11.8 Å². The van der Waals surface area contributed by atoms with E-state index < -0.39 is 34.3 Å². The number of nitrogens with one attached hydrogen (secondary N) is 1. The molecule has 0 aliphatic heterocycles. The van der Waals surface area contributed by atoms with Crippen molar-refractivity contribution >= 4 is 43.5 Å². The number of benzene rings is 3. The summed E-state index contributed by atoms with van der Waals surface area (Å²) in [7, 11) is -4.28. The molecule has 2 amide bonds. The van der Waals surface area contributed by atoms with Crippen molar-refractivity contribution in [3.63, 3.8) is 0 Å². The molecule has 0 aliphatic carbocycles. The second kappa shape index (κ2) is 14.5. The van der Waals surface area contributed by atoms with E-state index in [2.05, 4.69) is 21.2 Å². The van der Waals surface area contributed by atoms with Gasteiger partial charge < -0.3 is 15.0 Å². The highest BCUT2D eigenvalue weighted by atomic mass is 79.9. The van der Waals surface area contributed by atoms with Crippen LogP contribution >= 0.6 is 15.9 Å². The van der Waals surface area contributed by atoms with E-state index in [4.69, 9.17) is 4.74 Å². The third-order valence-corrected chi connectivity index (χ3v) is 8.81. The zero-order valence-corrected chi connectivity index (χ0v) is 25.9. The lowest BCUT2D eigenvalue weighted by atomic mass is 10.1. The second-order valence-electron chi connectivity index (χ2n) is 9.54. The predicted molar refractivity (Wildman–Crippen MR) is 161 cm³/mol. The van der Waals surface area contributed by atoms with Crippen LogP contribution in [0.5, 0.6) is 5.75 Å². The molecular formula is C30H35BrFN3O5S. The molecule has 2 atom stereocenters. The number of carbonyl (C=O) groups excluding carboxylic acids is 2. The van der Waals surface area contributed by atoms with Gasteiger partial charge in [-0.3, -0.25) is 13.9 Å². The van der Waals surface area contributed by atoms with Gasteiger partial charge >= 0.3 is 0 Å². The molecular weight excluding hydrogens is 613 g/mol. The van der Waals surface area contributed by atoms with Crippen LogP contribution in [-0.4, -0.2) is 50.4 Å². The molecule has 1 N–H and O–H groups in total. The Hall–Kier alpha value is -3.44. The number of nitrogens with zero attached hydrogens (tertiary/aromatic N) is 2. The molecule has 3 aromatic rings. The summed E-state index contributed by atoms with van der Waals surface area (Å²) in [4.78, 5) is 28.3. The number of sulfonamides is 1. The van der Waals surface area contributed by atoms with E-state index >= 15 is 0 Å². The predicted octanol–water partition coefficient (Wildman–Crippen LogP) is 5.51. The standard InChI is InChI=1S/C30H35BrFN3O5S/c1-5-21(3)33-30(37)22(4)34(19-23-8-7-9-24(31)18-23)29(36)20-35(26-12-10-25(32)11-13-26)41(38,39)28-16-14-27(15-17-28)40-6-2/h7-18,21-22H,5-6,19-20H2,1-4H3,(H,33,37)/t21-,22-/m1/s1. The summed E-state index contributed by atoms with van der Waals surface area (Å²) in [5.41, 5.74) is 0.853. The first-order valence-corrected chi connectivity index (χ1v) is 15.5. The lowest BCUT2D eigenvalue weighted by Crippen LogP contribution is -2.52. The molecule has 0 bridgehead atoms. The SMILES string of the molecule is CCOc1ccc(S(=O)(=O)N(CC(=O)N(Cc2cccc(Br)c2)[C@H](C)C(=O)N[C@H](C)CC)c2ccc(F)cc2)cc1. The van der Waals surface area contributed by atoms with E-state index in [1.165, 1.54) is 41.3 Å².